The number of hydrogen-bond acceptors (Lipinski definition) is 3. The van der Waals surface area contributed by atoms with E-state index in [2.05, 4.69) is 12.1 Å². The molecule has 0 saturated carbocycles. The molecule has 0 amide bonds. The summed E-state index contributed by atoms with van der Waals surface area (Å²) in [6.07, 6.45) is 1.82. The van der Waals surface area contributed by atoms with Gasteiger partial charge in [0.25, 0.3) is 0 Å². The fourth-order valence-corrected chi connectivity index (χ4v) is 0.651. The summed E-state index contributed by atoms with van der Waals surface area (Å²) >= 11 is 0. The lowest BCUT2D eigenvalue weighted by Gasteiger charge is -2.26. The van der Waals surface area contributed by atoms with E-state index >= 15 is 0 Å². The van der Waals surface area contributed by atoms with Crippen molar-refractivity contribution < 1.29 is 9.63 Å². The van der Waals surface area contributed by atoms with E-state index in [0.717, 1.165) is 12.8 Å². The van der Waals surface area contributed by atoms with E-state index in [1.165, 1.54) is 0 Å². The highest BCUT2D eigenvalue weighted by Gasteiger charge is 2.21. The Morgan fingerprint density at radius 1 is 1.46 bits per heavy atom. The lowest BCUT2D eigenvalue weighted by atomic mass is 9.97. The van der Waals surface area contributed by atoms with Crippen molar-refractivity contribution in [3.8, 4) is 0 Å². The number of carbonyl (C=O) groups is 1. The van der Waals surface area contributed by atoms with Crippen molar-refractivity contribution in [2.45, 2.75) is 46.1 Å². The Hall–Kier alpha value is -0.830. The molecule has 0 heterocycles. The molecule has 0 aliphatic heterocycles. The molecule has 0 aliphatic rings. The van der Waals surface area contributed by atoms with Gasteiger partial charge in [0.05, 0.1) is 5.54 Å². The van der Waals surface area contributed by atoms with Crippen molar-refractivity contribution in [1.29, 1.82) is 0 Å². The summed E-state index contributed by atoms with van der Waals surface area (Å²) in [6, 6.07) is 0. The summed E-state index contributed by atoms with van der Waals surface area (Å²) in [5.41, 5.74) is 3.04. The van der Waals surface area contributed by atoms with Crippen LogP contribution in [0.15, 0.2) is 12.2 Å². The van der Waals surface area contributed by atoms with Crippen LogP contribution in [0, 0.1) is 0 Å². The van der Waals surface area contributed by atoms with Gasteiger partial charge in [-0.3, -0.25) is 0 Å². The number of carbonyl (C=O) groups excluding carboxylic acids is 1. The first-order valence-electron chi connectivity index (χ1n) is 4.59. The largest absolute Gasteiger partial charge is 0.366 e. The van der Waals surface area contributed by atoms with E-state index in [1.807, 2.05) is 20.8 Å². The smallest absolute Gasteiger partial charge is 0.351 e. The van der Waals surface area contributed by atoms with Crippen LogP contribution in [0.5, 0.6) is 0 Å². The summed E-state index contributed by atoms with van der Waals surface area (Å²) in [7, 11) is 0. The summed E-state index contributed by atoms with van der Waals surface area (Å²) < 4.78 is 0. The van der Waals surface area contributed by atoms with Gasteiger partial charge >= 0.3 is 5.97 Å². The second kappa shape index (κ2) is 5.02. The standard InChI is InChI=1S/C10H19NO2/c1-6-10(5,7-2)11-13-9(12)8(3)4/h11H,3,6-7H2,1-2,4-5H3. The molecular weight excluding hydrogens is 166 g/mol. The van der Waals surface area contributed by atoms with Crippen molar-refractivity contribution in [3.05, 3.63) is 12.2 Å². The molecule has 0 rings (SSSR count). The monoisotopic (exact) mass is 185 g/mol. The van der Waals surface area contributed by atoms with Crippen molar-refractivity contribution in [1.82, 2.24) is 5.48 Å². The zero-order valence-electron chi connectivity index (χ0n) is 8.94. The van der Waals surface area contributed by atoms with E-state index < -0.39 is 5.97 Å². The van der Waals surface area contributed by atoms with Gasteiger partial charge in [-0.15, -0.1) is 5.48 Å². The van der Waals surface area contributed by atoms with Crippen molar-refractivity contribution in [2.24, 2.45) is 0 Å². The lowest BCUT2D eigenvalue weighted by molar-refractivity contribution is -0.151. The highest BCUT2D eigenvalue weighted by Crippen LogP contribution is 2.13. The Bertz CT molecular complexity index is 195. The summed E-state index contributed by atoms with van der Waals surface area (Å²) in [5, 5.41) is 0. The van der Waals surface area contributed by atoms with Crippen LogP contribution in [-0.4, -0.2) is 11.5 Å². The van der Waals surface area contributed by atoms with Gasteiger partial charge in [-0.2, -0.15) is 0 Å². The first kappa shape index (κ1) is 12.2. The molecule has 0 aromatic rings. The topological polar surface area (TPSA) is 38.3 Å². The maximum atomic E-state index is 11.0. The van der Waals surface area contributed by atoms with Crippen LogP contribution >= 0.6 is 0 Å². The van der Waals surface area contributed by atoms with E-state index in [9.17, 15) is 4.79 Å². The van der Waals surface area contributed by atoms with Gasteiger partial charge in [0.2, 0.25) is 0 Å². The zero-order chi connectivity index (χ0) is 10.5. The van der Waals surface area contributed by atoms with E-state index in [0.29, 0.717) is 5.57 Å². The Labute approximate surface area is 80.1 Å². The minimum absolute atomic E-state index is 0.134. The van der Waals surface area contributed by atoms with E-state index in [-0.39, 0.29) is 5.54 Å². The van der Waals surface area contributed by atoms with Gasteiger partial charge in [0.15, 0.2) is 0 Å². The van der Waals surface area contributed by atoms with Gasteiger partial charge in [-0.05, 0) is 26.7 Å². The quantitative estimate of drug-likeness (QED) is 0.527. The molecule has 1 N–H and O–H groups in total. The molecule has 0 saturated heterocycles. The average molecular weight is 185 g/mol. The van der Waals surface area contributed by atoms with Gasteiger partial charge in [-0.1, -0.05) is 20.4 Å². The first-order chi connectivity index (χ1) is 5.95. The minimum Gasteiger partial charge on any atom is -0.366 e. The second-order valence-corrected chi connectivity index (χ2v) is 3.54. The Kier molecular flexibility index (Phi) is 4.70. The van der Waals surface area contributed by atoms with Crippen LogP contribution in [0.25, 0.3) is 0 Å². The average Bonchev–Trinajstić information content (AvgIpc) is 2.13. The Morgan fingerprint density at radius 3 is 2.23 bits per heavy atom. The summed E-state index contributed by atoms with van der Waals surface area (Å²) in [6.45, 7) is 11.2. The molecule has 0 atom stereocenters. The maximum absolute atomic E-state index is 11.0. The fourth-order valence-electron chi connectivity index (χ4n) is 0.651. The third-order valence-electron chi connectivity index (χ3n) is 2.30. The highest BCUT2D eigenvalue weighted by molar-refractivity contribution is 5.86. The molecule has 0 unspecified atom stereocenters. The molecule has 13 heavy (non-hydrogen) atoms. The fraction of sp³-hybridized carbons (Fsp3) is 0.700. The van der Waals surface area contributed by atoms with Crippen LogP contribution in [0.1, 0.15) is 40.5 Å². The maximum Gasteiger partial charge on any atom is 0.351 e. The molecule has 0 fully saturated rings. The van der Waals surface area contributed by atoms with Crippen LogP contribution in [-0.2, 0) is 9.63 Å². The molecule has 0 aromatic carbocycles. The molecule has 3 nitrogen and oxygen atoms in total. The van der Waals surface area contributed by atoms with Crippen LogP contribution in [0.4, 0.5) is 0 Å². The first-order valence-corrected chi connectivity index (χ1v) is 4.59. The molecule has 0 radical (unpaired) electrons. The van der Waals surface area contributed by atoms with Crippen molar-refractivity contribution in [2.75, 3.05) is 0 Å². The minimum atomic E-state index is -0.395. The van der Waals surface area contributed by atoms with E-state index in [1.54, 1.807) is 6.92 Å². The van der Waals surface area contributed by atoms with E-state index in [4.69, 9.17) is 4.84 Å². The normalized spacial score (nSPS) is 11.1. The molecule has 76 valence electrons. The third kappa shape index (κ3) is 4.08. The Morgan fingerprint density at radius 2 is 1.92 bits per heavy atom. The molecule has 0 bridgehead atoms. The predicted molar refractivity (Wildman–Crippen MR) is 53.0 cm³/mol. The third-order valence-corrected chi connectivity index (χ3v) is 2.30. The summed E-state index contributed by atoms with van der Waals surface area (Å²) in [4.78, 5) is 15.9. The highest BCUT2D eigenvalue weighted by atomic mass is 16.7. The van der Waals surface area contributed by atoms with Crippen molar-refractivity contribution in [3.63, 3.8) is 0 Å². The summed E-state index contributed by atoms with van der Waals surface area (Å²) in [5.74, 6) is -0.395. The van der Waals surface area contributed by atoms with Gasteiger partial charge in [-0.25, -0.2) is 4.79 Å². The van der Waals surface area contributed by atoms with Gasteiger partial charge in [0.1, 0.15) is 0 Å². The molecule has 0 aromatic heterocycles. The second-order valence-electron chi connectivity index (χ2n) is 3.54. The van der Waals surface area contributed by atoms with Gasteiger partial charge in [0, 0.05) is 5.57 Å². The van der Waals surface area contributed by atoms with Crippen LogP contribution in [0.2, 0.25) is 0 Å². The number of rotatable bonds is 5. The van der Waals surface area contributed by atoms with Crippen molar-refractivity contribution >= 4 is 5.97 Å². The molecule has 0 aliphatic carbocycles. The van der Waals surface area contributed by atoms with Crippen LogP contribution in [0.3, 0.4) is 0 Å². The zero-order valence-corrected chi connectivity index (χ0v) is 8.94. The van der Waals surface area contributed by atoms with Crippen LogP contribution < -0.4 is 5.48 Å². The predicted octanol–water partition coefficient (Wildman–Crippen LogP) is 2.19. The SMILES string of the molecule is C=C(C)C(=O)ONC(C)(CC)CC. The Balaban J connectivity index is 4.00. The molecule has 3 heteroatoms. The molecular formula is C10H19NO2. The number of hydrogen-bond donors (Lipinski definition) is 1. The number of hydroxylamine groups is 1. The van der Waals surface area contributed by atoms with Gasteiger partial charge < -0.3 is 4.84 Å². The molecule has 0 spiro atoms. The number of nitrogens with one attached hydrogen (secondary N) is 1. The lowest BCUT2D eigenvalue weighted by Crippen LogP contribution is -2.42.